The minimum atomic E-state index is 0. The molecule has 0 bridgehead atoms. The normalized spacial score (nSPS) is 12.0. The van der Waals surface area contributed by atoms with E-state index in [0.29, 0.717) is 6.73 Å². The zero-order valence-corrected chi connectivity index (χ0v) is 72.1. The first-order valence-corrected chi connectivity index (χ1v) is 42.5. The van der Waals surface area contributed by atoms with E-state index in [0.717, 1.165) is 66.1 Å². The maximum absolute atomic E-state index is 11.7. The average Bonchev–Trinajstić information content (AvgIpc) is 0.830. The molecule has 0 atom stereocenters. The van der Waals surface area contributed by atoms with Crippen LogP contribution in [0.15, 0.2) is 334 Å². The quantitative estimate of drug-likeness (QED) is 0.0459. The number of ketones is 1. The van der Waals surface area contributed by atoms with Gasteiger partial charge < -0.3 is 14.8 Å². The monoisotopic (exact) mass is 1750 g/mol. The van der Waals surface area contributed by atoms with Gasteiger partial charge in [0.25, 0.3) is 12.2 Å². The summed E-state index contributed by atoms with van der Waals surface area (Å²) in [6, 6.07) is 111. The molecule has 0 saturated heterocycles. The first kappa shape index (κ1) is 79.6. The van der Waals surface area contributed by atoms with Crippen molar-refractivity contribution in [3.8, 4) is 61.8 Å². The number of pyridine rings is 4. The van der Waals surface area contributed by atoms with E-state index in [2.05, 4.69) is 328 Å². The van der Waals surface area contributed by atoms with Crippen LogP contribution in [0.1, 0.15) is 81.2 Å². The molecule has 0 saturated carbocycles. The Kier molecular flexibility index (Phi) is 22.9. The zero-order valence-electron chi connectivity index (χ0n) is 68.9. The Morgan fingerprint density at radius 3 is 1.69 bits per heavy atom. The summed E-state index contributed by atoms with van der Waals surface area (Å²) in [7, 11) is 0. The van der Waals surface area contributed by atoms with Gasteiger partial charge in [0.1, 0.15) is 0 Å². The minimum absolute atomic E-state index is 0. The predicted octanol–water partition coefficient (Wildman–Crippen LogP) is 28.8. The van der Waals surface area contributed by atoms with Gasteiger partial charge in [-0.2, -0.15) is 9.13 Å². The summed E-state index contributed by atoms with van der Waals surface area (Å²) in [6.07, 6.45) is 13.2. The Morgan fingerprint density at radius 1 is 0.467 bits per heavy atom. The van der Waals surface area contributed by atoms with Crippen LogP contribution < -0.4 is 13.9 Å². The third-order valence-electron chi connectivity index (χ3n) is 24.3. The van der Waals surface area contributed by atoms with Gasteiger partial charge >= 0.3 is 0 Å². The Bertz CT molecular complexity index is 7340. The van der Waals surface area contributed by atoms with E-state index in [-0.39, 0.29) is 43.5 Å². The fraction of sp³-hybridized carbons (Fsp3) is 0.144. The van der Waals surface area contributed by atoms with Gasteiger partial charge in [0.2, 0.25) is 5.69 Å². The maximum atomic E-state index is 11.7. The summed E-state index contributed by atoms with van der Waals surface area (Å²) < 4.78 is 12.5. The second kappa shape index (κ2) is 34.6. The molecule has 7 heterocycles. The summed E-state index contributed by atoms with van der Waals surface area (Å²) in [5, 5.41) is 33.9. The number of carbonyl (C=O) groups is 1. The molecule has 120 heavy (non-hydrogen) atoms. The smallest absolute Gasteiger partial charge is 0.293 e. The van der Waals surface area contributed by atoms with E-state index in [1.807, 2.05) is 75.8 Å². The third-order valence-corrected chi connectivity index (χ3v) is 25.5. The van der Waals surface area contributed by atoms with Crippen molar-refractivity contribution in [3.63, 3.8) is 0 Å². The molecule has 22 rings (SSSR count). The van der Waals surface area contributed by atoms with Gasteiger partial charge in [0.05, 0.1) is 27.1 Å². The molecule has 0 amide bonds. The van der Waals surface area contributed by atoms with Crippen molar-refractivity contribution in [3.05, 3.63) is 368 Å². The molecule has 0 unspecified atom stereocenters. The number of aliphatic hydroxyl groups is 1. The number of allylic oxidation sites excluding steroid dienone is 2. The van der Waals surface area contributed by atoms with Gasteiger partial charge in [-0.05, 0) is 221 Å². The fourth-order valence-electron chi connectivity index (χ4n) is 18.1. The van der Waals surface area contributed by atoms with Crippen LogP contribution in [-0.4, -0.2) is 20.9 Å². The molecule has 589 valence electrons. The standard InChI is InChI=1S/C45H27NS.C23H20N.C20H14N.C13H24O2.C10H8NO.Ir/c1-3-11-30-25-32(19-17-28(30)9-1)42-36-14-5-6-15-37(36)43(33-20-18-29-10-2-4-12-31(29)26-33)40-27-34(21-22-38(40)42)44-45-39(23-24-46-44)35-13-7-8-16-41(35)47-45;1-14-9-15(2)11-18(10-14)23-12-21-16(3)19-7-5-6-8-20(19)17(4)22(21)13-24-23;1-2-6-15-10-18-13-21-12-16-7-3-4-8-19(16)20(21)11-17(18)9-14(15)5-1;1-5-10(6-2)12(14)9-13(15)11(7-3)8-4;1-3-8-4-2-6-11-7-12-9(5-1)10(8)11;/h1-27H;5-10,12-13H,1-4H3;1-11,13H,12H2;9-11,14H,5-8H2,1-4H3;1-6H,7H2;/q;-1;+1;;+1;. The summed E-state index contributed by atoms with van der Waals surface area (Å²) in [4.78, 5) is 21.5. The largest absolute Gasteiger partial charge is 0.512 e. The fourth-order valence-corrected chi connectivity index (χ4v) is 19.3. The van der Waals surface area contributed by atoms with Crippen molar-refractivity contribution in [1.29, 1.82) is 0 Å². The first-order valence-electron chi connectivity index (χ1n) is 41.7. The molecular formula is C111H93IrN4O3S+. The molecule has 7 nitrogen and oxygen atoms in total. The number of hydrogen-bond donors (Lipinski definition) is 1. The first-order chi connectivity index (χ1) is 58.3. The molecule has 2 aliphatic rings. The number of benzene rings is 15. The summed E-state index contributed by atoms with van der Waals surface area (Å²) >= 11 is 1.83. The molecule has 15 aromatic carbocycles. The molecule has 2 aliphatic heterocycles. The van der Waals surface area contributed by atoms with Gasteiger partial charge in [0, 0.05) is 99.9 Å². The van der Waals surface area contributed by atoms with Gasteiger partial charge in [-0.3, -0.25) is 9.78 Å². The summed E-state index contributed by atoms with van der Waals surface area (Å²) in [5.74, 6) is 1.54. The molecule has 0 aliphatic carbocycles. The van der Waals surface area contributed by atoms with Gasteiger partial charge in [-0.25, -0.2) is 0 Å². The topological polar surface area (TPSA) is 80.1 Å². The number of thiophene rings is 1. The van der Waals surface area contributed by atoms with Gasteiger partial charge in [-0.15, -0.1) is 46.2 Å². The van der Waals surface area contributed by atoms with E-state index in [1.165, 1.54) is 179 Å². The average molecular weight is 1760 g/mol. The van der Waals surface area contributed by atoms with Crippen LogP contribution in [0, 0.1) is 45.6 Å². The number of aryl methyl sites for hydroxylation is 4. The van der Waals surface area contributed by atoms with Crippen LogP contribution >= 0.6 is 11.3 Å². The number of aromatic nitrogens is 4. The summed E-state index contributed by atoms with van der Waals surface area (Å²) in [5.41, 5.74) is 19.5. The number of hydrogen-bond acceptors (Lipinski definition) is 6. The van der Waals surface area contributed by atoms with Crippen LogP contribution in [0.2, 0.25) is 0 Å². The van der Waals surface area contributed by atoms with Crippen molar-refractivity contribution >= 4 is 134 Å². The molecular weight excluding hydrogens is 1660 g/mol. The molecule has 1 N–H and O–H groups in total. The molecule has 5 aromatic heterocycles. The second-order valence-corrected chi connectivity index (χ2v) is 32.7. The molecule has 20 aromatic rings. The number of rotatable bonds is 11. The van der Waals surface area contributed by atoms with E-state index in [9.17, 15) is 9.90 Å². The van der Waals surface area contributed by atoms with Crippen LogP contribution in [0.5, 0.6) is 5.75 Å². The Morgan fingerprint density at radius 2 is 1.02 bits per heavy atom. The van der Waals surface area contributed by atoms with E-state index in [4.69, 9.17) is 14.7 Å². The van der Waals surface area contributed by atoms with Crippen LogP contribution in [0.4, 0.5) is 0 Å². The number of para-hydroxylation sites is 1. The SMILES string of the molecule is CCC(CC)C(=O)C=C(O)C(CC)CC.Cc1[c-]c(-c2cc3c(C)c4ccccc4c(C)c3cn2)cc(C)c1.[Ir].c1cc2c3c(c1)ccc[n+]3CO2.c1ccc2c(c1)C[n+]1cc3cc4ccccc4cc3cc1-2.c1ccc2cc(-c3c4ccccc4c(-c4ccc5ccccc5c4)c4cc(-c5nccc6c5sc5ccccc56)ccc34)ccc2c1. The predicted molar refractivity (Wildman–Crippen MR) is 501 cm³/mol. The van der Waals surface area contributed by atoms with Crippen LogP contribution in [-0.2, 0) is 38.2 Å². The zero-order chi connectivity index (χ0) is 81.4. The number of carbonyl (C=O) groups excluding carboxylic acids is 1. The Balaban J connectivity index is 0.000000118. The van der Waals surface area contributed by atoms with Crippen molar-refractivity contribution < 1.29 is 43.9 Å². The Labute approximate surface area is 718 Å². The van der Waals surface area contributed by atoms with Crippen molar-refractivity contribution in [2.75, 3.05) is 0 Å². The van der Waals surface area contributed by atoms with Crippen molar-refractivity contribution in [2.45, 2.75) is 94.3 Å². The van der Waals surface area contributed by atoms with E-state index >= 15 is 0 Å². The molecule has 0 fully saturated rings. The second-order valence-electron chi connectivity index (χ2n) is 31.7. The third kappa shape index (κ3) is 15.5. The number of fused-ring (bicyclic) bond motifs is 14. The number of aliphatic hydroxyl groups excluding tert-OH is 1. The van der Waals surface area contributed by atoms with E-state index in [1.54, 1.807) is 0 Å². The Hall–Kier alpha value is -12.9. The molecule has 9 heteroatoms. The van der Waals surface area contributed by atoms with Crippen molar-refractivity contribution in [2.24, 2.45) is 11.8 Å². The summed E-state index contributed by atoms with van der Waals surface area (Å²) in [6.45, 7) is 18.3. The molecule has 0 spiro atoms. The van der Waals surface area contributed by atoms with E-state index < -0.39 is 0 Å². The minimum Gasteiger partial charge on any atom is -0.512 e. The molecule has 1 radical (unpaired) electrons. The number of nitrogens with zero attached hydrogens (tertiary/aromatic N) is 4. The van der Waals surface area contributed by atoms with Crippen LogP contribution in [0.3, 0.4) is 0 Å². The van der Waals surface area contributed by atoms with Crippen molar-refractivity contribution in [1.82, 2.24) is 9.97 Å². The van der Waals surface area contributed by atoms with Gasteiger partial charge in [-0.1, -0.05) is 248 Å². The number of ether oxygens (including phenoxy) is 1. The van der Waals surface area contributed by atoms with Gasteiger partial charge in [0.15, 0.2) is 30.5 Å². The van der Waals surface area contributed by atoms with Crippen LogP contribution in [0.25, 0.3) is 173 Å². The maximum Gasteiger partial charge on any atom is 0.293 e.